The molecule has 0 saturated heterocycles. The first kappa shape index (κ1) is 23.9. The van der Waals surface area contributed by atoms with E-state index in [1.807, 2.05) is 24.3 Å². The van der Waals surface area contributed by atoms with Crippen LogP contribution in [0.25, 0.3) is 44.8 Å². The molecule has 10 heteroatoms. The minimum atomic E-state index is -1.11. The molecule has 186 valence electrons. The van der Waals surface area contributed by atoms with E-state index in [9.17, 15) is 14.7 Å². The van der Waals surface area contributed by atoms with Gasteiger partial charge in [-0.25, -0.2) is 9.78 Å². The molecule has 0 atom stereocenters. The molecule has 6 rings (SSSR count). The van der Waals surface area contributed by atoms with Crippen molar-refractivity contribution in [1.82, 2.24) is 9.66 Å². The smallest absolute Gasteiger partial charge is 0.337 e. The zero-order chi connectivity index (χ0) is 26.4. The summed E-state index contributed by atoms with van der Waals surface area (Å²) in [6.07, 6.45) is 1.40. The van der Waals surface area contributed by atoms with Gasteiger partial charge in [0.05, 0.1) is 27.7 Å². The molecule has 3 heterocycles. The van der Waals surface area contributed by atoms with Crippen molar-refractivity contribution in [3.05, 3.63) is 110 Å². The van der Waals surface area contributed by atoms with Crippen LogP contribution in [-0.2, 0) is 0 Å². The number of rotatable bonds is 5. The standard InChI is InChI=1S/C28H15BrClN3O5/c29-17-6-9-24-16(11-17)13-25(38-24)26-32-22-4-2-1-3-20(22)27(34)33(26)31-14-18-7-10-23(37-18)15-5-8-19(28(35)36)21(30)12-15/h1-14H,(H,35,36). The highest BCUT2D eigenvalue weighted by Gasteiger charge is 2.17. The van der Waals surface area contributed by atoms with Crippen LogP contribution < -0.4 is 5.56 Å². The van der Waals surface area contributed by atoms with Crippen LogP contribution in [0.5, 0.6) is 0 Å². The van der Waals surface area contributed by atoms with Gasteiger partial charge in [0.2, 0.25) is 5.82 Å². The van der Waals surface area contributed by atoms with Crippen LogP contribution in [0.1, 0.15) is 16.1 Å². The average Bonchev–Trinajstić information content (AvgIpc) is 3.55. The molecule has 38 heavy (non-hydrogen) atoms. The maximum Gasteiger partial charge on any atom is 0.337 e. The fourth-order valence-corrected chi connectivity index (χ4v) is 4.69. The number of para-hydroxylation sites is 1. The third kappa shape index (κ3) is 4.31. The highest BCUT2D eigenvalue weighted by atomic mass is 79.9. The first-order valence-corrected chi connectivity index (χ1v) is 12.4. The second kappa shape index (κ2) is 9.44. The highest BCUT2D eigenvalue weighted by Crippen LogP contribution is 2.30. The number of fused-ring (bicyclic) bond motifs is 2. The molecule has 0 aliphatic heterocycles. The molecular weight excluding hydrogens is 574 g/mol. The van der Waals surface area contributed by atoms with Gasteiger partial charge in [-0.2, -0.15) is 9.78 Å². The molecule has 3 aromatic heterocycles. The molecular formula is C28H15BrClN3O5. The number of halogens is 2. The topological polar surface area (TPSA) is 111 Å². The molecule has 0 aliphatic rings. The van der Waals surface area contributed by atoms with Gasteiger partial charge in [0.1, 0.15) is 17.1 Å². The summed E-state index contributed by atoms with van der Waals surface area (Å²) in [4.78, 5) is 29.3. The lowest BCUT2D eigenvalue weighted by atomic mass is 10.1. The summed E-state index contributed by atoms with van der Waals surface area (Å²) in [6, 6.07) is 22.3. The van der Waals surface area contributed by atoms with Crippen LogP contribution in [0.15, 0.2) is 102 Å². The van der Waals surface area contributed by atoms with Gasteiger partial charge in [0.25, 0.3) is 5.56 Å². The molecule has 0 unspecified atom stereocenters. The van der Waals surface area contributed by atoms with Crippen molar-refractivity contribution in [3.8, 4) is 22.9 Å². The second-order valence-corrected chi connectivity index (χ2v) is 9.63. The van der Waals surface area contributed by atoms with Gasteiger partial charge >= 0.3 is 5.97 Å². The Kier molecular flexibility index (Phi) is 5.94. The first-order chi connectivity index (χ1) is 18.4. The van der Waals surface area contributed by atoms with Gasteiger partial charge in [-0.1, -0.05) is 45.7 Å². The van der Waals surface area contributed by atoms with Crippen molar-refractivity contribution < 1.29 is 18.7 Å². The van der Waals surface area contributed by atoms with Gasteiger partial charge in [0.15, 0.2) is 5.76 Å². The number of furan rings is 2. The number of aromatic nitrogens is 2. The molecule has 8 nitrogen and oxygen atoms in total. The average molecular weight is 589 g/mol. The maximum atomic E-state index is 13.4. The predicted octanol–water partition coefficient (Wildman–Crippen LogP) is 7.07. The zero-order valence-electron chi connectivity index (χ0n) is 19.3. The molecule has 0 amide bonds. The SMILES string of the molecule is O=C(O)c1ccc(-c2ccc(C=Nn3c(-c4cc5cc(Br)ccc5o4)nc4ccccc4c3=O)o2)cc1Cl. The summed E-state index contributed by atoms with van der Waals surface area (Å²) in [7, 11) is 0. The Hall–Kier alpha value is -4.47. The lowest BCUT2D eigenvalue weighted by Crippen LogP contribution is -2.20. The normalized spacial score (nSPS) is 11.6. The second-order valence-electron chi connectivity index (χ2n) is 8.31. The fraction of sp³-hybridized carbons (Fsp3) is 0. The van der Waals surface area contributed by atoms with E-state index in [2.05, 4.69) is 26.0 Å². The van der Waals surface area contributed by atoms with E-state index in [0.717, 1.165) is 9.86 Å². The first-order valence-electron chi connectivity index (χ1n) is 11.3. The van der Waals surface area contributed by atoms with Crippen LogP contribution in [0.3, 0.4) is 0 Å². The largest absolute Gasteiger partial charge is 0.478 e. The van der Waals surface area contributed by atoms with Gasteiger partial charge in [-0.15, -0.1) is 0 Å². The molecule has 0 fully saturated rings. The van der Waals surface area contributed by atoms with Crippen LogP contribution in [0.2, 0.25) is 5.02 Å². The molecule has 0 radical (unpaired) electrons. The number of aromatic carboxylic acids is 1. The third-order valence-electron chi connectivity index (χ3n) is 5.86. The molecule has 3 aromatic carbocycles. The highest BCUT2D eigenvalue weighted by molar-refractivity contribution is 9.10. The van der Waals surface area contributed by atoms with Gasteiger partial charge in [0, 0.05) is 15.4 Å². The molecule has 0 spiro atoms. The van der Waals surface area contributed by atoms with Crippen LogP contribution in [0.4, 0.5) is 0 Å². The minimum absolute atomic E-state index is 0.00240. The number of benzene rings is 3. The summed E-state index contributed by atoms with van der Waals surface area (Å²) in [5, 5.41) is 14.9. The van der Waals surface area contributed by atoms with Crippen molar-refractivity contribution in [3.63, 3.8) is 0 Å². The quantitative estimate of drug-likeness (QED) is 0.216. The Morgan fingerprint density at radius 1 is 1.00 bits per heavy atom. The fourth-order valence-electron chi connectivity index (χ4n) is 4.05. The summed E-state index contributed by atoms with van der Waals surface area (Å²) in [6.45, 7) is 0. The summed E-state index contributed by atoms with van der Waals surface area (Å²) < 4.78 is 13.9. The Bertz CT molecular complexity index is 1970. The number of carboxylic acid groups (broad SMARTS) is 1. The summed E-state index contributed by atoms with van der Waals surface area (Å²) in [5.74, 6) is 0.318. The molecule has 0 bridgehead atoms. The van der Waals surface area contributed by atoms with Crippen molar-refractivity contribution in [2.75, 3.05) is 0 Å². The van der Waals surface area contributed by atoms with Crippen LogP contribution >= 0.6 is 27.5 Å². The lowest BCUT2D eigenvalue weighted by molar-refractivity contribution is 0.0697. The number of hydrogen-bond donors (Lipinski definition) is 1. The predicted molar refractivity (Wildman–Crippen MR) is 148 cm³/mol. The Labute approximate surface area is 227 Å². The van der Waals surface area contributed by atoms with Crippen molar-refractivity contribution in [1.29, 1.82) is 0 Å². The molecule has 0 saturated carbocycles. The Balaban J connectivity index is 1.43. The lowest BCUT2D eigenvalue weighted by Gasteiger charge is -2.06. The van der Waals surface area contributed by atoms with E-state index in [-0.39, 0.29) is 22.0 Å². The Morgan fingerprint density at radius 2 is 1.84 bits per heavy atom. The summed E-state index contributed by atoms with van der Waals surface area (Å²) >= 11 is 9.56. The number of hydrogen-bond acceptors (Lipinski definition) is 6. The third-order valence-corrected chi connectivity index (χ3v) is 6.67. The monoisotopic (exact) mass is 587 g/mol. The van der Waals surface area contributed by atoms with Crippen LogP contribution in [-0.4, -0.2) is 27.0 Å². The Morgan fingerprint density at radius 3 is 2.66 bits per heavy atom. The van der Waals surface area contributed by atoms with E-state index >= 15 is 0 Å². The minimum Gasteiger partial charge on any atom is -0.478 e. The van der Waals surface area contributed by atoms with Gasteiger partial charge < -0.3 is 13.9 Å². The molecule has 1 N–H and O–H groups in total. The van der Waals surface area contributed by atoms with E-state index < -0.39 is 5.97 Å². The van der Waals surface area contributed by atoms with Crippen LogP contribution in [0, 0.1) is 0 Å². The van der Waals surface area contributed by atoms with Crippen molar-refractivity contribution in [2.45, 2.75) is 0 Å². The van der Waals surface area contributed by atoms with Crippen molar-refractivity contribution >= 4 is 61.6 Å². The van der Waals surface area contributed by atoms with E-state index in [0.29, 0.717) is 39.3 Å². The van der Waals surface area contributed by atoms with E-state index in [4.69, 9.17) is 20.4 Å². The zero-order valence-corrected chi connectivity index (χ0v) is 21.6. The van der Waals surface area contributed by atoms with Gasteiger partial charge in [-0.3, -0.25) is 4.79 Å². The van der Waals surface area contributed by atoms with E-state index in [1.165, 1.54) is 23.0 Å². The summed E-state index contributed by atoms with van der Waals surface area (Å²) in [5.41, 5.74) is 1.38. The number of carbonyl (C=O) groups is 1. The van der Waals surface area contributed by atoms with Gasteiger partial charge in [-0.05, 0) is 60.7 Å². The van der Waals surface area contributed by atoms with E-state index in [1.54, 1.807) is 42.5 Å². The number of carboxylic acids is 1. The van der Waals surface area contributed by atoms with Crippen molar-refractivity contribution in [2.24, 2.45) is 5.10 Å². The number of nitrogens with zero attached hydrogens (tertiary/aromatic N) is 3. The molecule has 6 aromatic rings. The molecule has 0 aliphatic carbocycles. The maximum absolute atomic E-state index is 13.4.